The third kappa shape index (κ3) is 2.80. The molecule has 2 aliphatic carbocycles. The summed E-state index contributed by atoms with van der Waals surface area (Å²) in [6.45, 7) is 14.8. The molecular formula is C20H30O2. The van der Waals surface area contributed by atoms with E-state index in [0.717, 1.165) is 37.0 Å². The molecule has 2 heteroatoms. The lowest BCUT2D eigenvalue weighted by Crippen LogP contribution is -2.27. The number of rotatable bonds is 5. The Balaban J connectivity index is 2.29. The van der Waals surface area contributed by atoms with Crippen LogP contribution < -0.4 is 0 Å². The third-order valence-corrected chi connectivity index (χ3v) is 5.42. The number of ether oxygens (including phenoxy) is 1. The molecule has 0 spiro atoms. The van der Waals surface area contributed by atoms with Gasteiger partial charge in [-0.05, 0) is 39.0 Å². The van der Waals surface area contributed by atoms with Gasteiger partial charge in [0, 0.05) is 23.3 Å². The molecule has 2 rings (SSSR count). The molecule has 2 aliphatic rings. The highest BCUT2D eigenvalue weighted by atomic mass is 16.5. The van der Waals surface area contributed by atoms with Crippen LogP contribution in [-0.2, 0) is 9.53 Å². The monoisotopic (exact) mass is 302 g/mol. The maximum atomic E-state index is 13.0. The molecule has 2 nitrogen and oxygen atoms in total. The Hall–Kier alpha value is -1.31. The third-order valence-electron chi connectivity index (χ3n) is 5.42. The van der Waals surface area contributed by atoms with Crippen LogP contribution in [0.1, 0.15) is 60.3 Å². The van der Waals surface area contributed by atoms with Crippen LogP contribution in [0.15, 0.2) is 34.6 Å². The van der Waals surface area contributed by atoms with Crippen molar-refractivity contribution in [2.75, 3.05) is 7.11 Å². The second-order valence-electron chi connectivity index (χ2n) is 7.68. The Morgan fingerprint density at radius 3 is 2.55 bits per heavy atom. The Labute approximate surface area is 135 Å². The zero-order valence-corrected chi connectivity index (χ0v) is 15.0. The second kappa shape index (κ2) is 6.06. The van der Waals surface area contributed by atoms with Gasteiger partial charge in [-0.25, -0.2) is 0 Å². The van der Waals surface area contributed by atoms with Crippen LogP contribution in [0, 0.1) is 17.3 Å². The van der Waals surface area contributed by atoms with E-state index >= 15 is 0 Å². The van der Waals surface area contributed by atoms with Crippen molar-refractivity contribution >= 4 is 5.78 Å². The maximum absolute atomic E-state index is 13.0. The first-order valence-corrected chi connectivity index (χ1v) is 8.37. The van der Waals surface area contributed by atoms with E-state index in [9.17, 15) is 4.79 Å². The SMILES string of the molecule is C=C(C)[C@@H]1CCC(C)=C1CC1(C)CC(OC)=C(C(C)C)C1=O. The molecule has 0 aromatic rings. The minimum absolute atomic E-state index is 0.222. The Morgan fingerprint density at radius 2 is 2.09 bits per heavy atom. The van der Waals surface area contributed by atoms with Gasteiger partial charge in [-0.3, -0.25) is 4.79 Å². The van der Waals surface area contributed by atoms with Crippen molar-refractivity contribution in [1.82, 2.24) is 0 Å². The second-order valence-corrected chi connectivity index (χ2v) is 7.68. The van der Waals surface area contributed by atoms with Crippen molar-refractivity contribution in [2.45, 2.75) is 60.3 Å². The fraction of sp³-hybridized carbons (Fsp3) is 0.650. The van der Waals surface area contributed by atoms with Crippen molar-refractivity contribution in [3.05, 3.63) is 34.6 Å². The standard InChI is InChI=1S/C20H30O2/c1-12(2)15-9-8-14(5)16(15)10-20(6)11-17(22-7)18(13(3)4)19(20)21/h13,15H,1,8-11H2,2-7H3/t15-,20?/m0/s1. The van der Waals surface area contributed by atoms with Gasteiger partial charge < -0.3 is 4.74 Å². The summed E-state index contributed by atoms with van der Waals surface area (Å²) in [5.41, 5.74) is 4.68. The van der Waals surface area contributed by atoms with Crippen LogP contribution in [0.25, 0.3) is 0 Å². The quantitative estimate of drug-likeness (QED) is 0.651. The predicted octanol–water partition coefficient (Wildman–Crippen LogP) is 5.21. The molecule has 0 heterocycles. The van der Waals surface area contributed by atoms with E-state index in [4.69, 9.17) is 4.74 Å². The zero-order valence-electron chi connectivity index (χ0n) is 15.0. The van der Waals surface area contributed by atoms with Crippen molar-refractivity contribution in [3.63, 3.8) is 0 Å². The Kier molecular flexibility index (Phi) is 4.70. The summed E-state index contributed by atoms with van der Waals surface area (Å²) in [5.74, 6) is 1.86. The number of allylic oxidation sites excluding steroid dienone is 5. The minimum Gasteiger partial charge on any atom is -0.501 e. The molecule has 0 amide bonds. The molecule has 0 aromatic heterocycles. The molecule has 0 aliphatic heterocycles. The molecule has 122 valence electrons. The van der Waals surface area contributed by atoms with Gasteiger partial charge in [0.2, 0.25) is 0 Å². The van der Waals surface area contributed by atoms with Crippen molar-refractivity contribution < 1.29 is 9.53 Å². The lowest BCUT2D eigenvalue weighted by molar-refractivity contribution is -0.123. The number of hydrogen-bond acceptors (Lipinski definition) is 2. The van der Waals surface area contributed by atoms with Crippen LogP contribution >= 0.6 is 0 Å². The highest BCUT2D eigenvalue weighted by molar-refractivity contribution is 6.03. The van der Waals surface area contributed by atoms with E-state index in [1.807, 2.05) is 0 Å². The molecule has 2 atom stereocenters. The summed E-state index contributed by atoms with van der Waals surface area (Å²) < 4.78 is 5.54. The number of ketones is 1. The number of methoxy groups -OCH3 is 1. The predicted molar refractivity (Wildman–Crippen MR) is 91.5 cm³/mol. The topological polar surface area (TPSA) is 26.3 Å². The largest absolute Gasteiger partial charge is 0.501 e. The summed E-state index contributed by atoms with van der Waals surface area (Å²) in [7, 11) is 1.69. The van der Waals surface area contributed by atoms with E-state index in [1.165, 1.54) is 16.7 Å². The fourth-order valence-corrected chi connectivity index (χ4v) is 4.12. The zero-order chi connectivity index (χ0) is 16.7. The van der Waals surface area contributed by atoms with Crippen molar-refractivity contribution in [2.24, 2.45) is 17.3 Å². The van der Waals surface area contributed by atoms with Gasteiger partial charge in [0.25, 0.3) is 0 Å². The molecule has 0 bridgehead atoms. The summed E-state index contributed by atoms with van der Waals surface area (Å²) in [4.78, 5) is 13.0. The number of hydrogen-bond donors (Lipinski definition) is 0. The van der Waals surface area contributed by atoms with Gasteiger partial charge in [-0.15, -0.1) is 0 Å². The molecule has 0 aromatic carbocycles. The fourth-order valence-electron chi connectivity index (χ4n) is 4.12. The van der Waals surface area contributed by atoms with Crippen molar-refractivity contribution in [1.29, 1.82) is 0 Å². The lowest BCUT2D eigenvalue weighted by atomic mass is 9.75. The van der Waals surface area contributed by atoms with E-state index in [1.54, 1.807) is 7.11 Å². The van der Waals surface area contributed by atoms with Gasteiger partial charge in [-0.2, -0.15) is 0 Å². The highest BCUT2D eigenvalue weighted by Crippen LogP contribution is 2.49. The molecule has 0 N–H and O–H groups in total. The van der Waals surface area contributed by atoms with Gasteiger partial charge in [0.05, 0.1) is 7.11 Å². The molecule has 0 saturated heterocycles. The van der Waals surface area contributed by atoms with E-state index in [-0.39, 0.29) is 17.1 Å². The van der Waals surface area contributed by atoms with Crippen LogP contribution in [0.2, 0.25) is 0 Å². The molecule has 0 fully saturated rings. The van der Waals surface area contributed by atoms with E-state index < -0.39 is 0 Å². The average Bonchev–Trinajstić information content (AvgIpc) is 2.90. The Bertz CT molecular complexity index is 562. The number of carbonyl (C=O) groups excluding carboxylic acids is 1. The summed E-state index contributed by atoms with van der Waals surface area (Å²) in [5, 5.41) is 0. The smallest absolute Gasteiger partial charge is 0.169 e. The van der Waals surface area contributed by atoms with Crippen molar-refractivity contribution in [3.8, 4) is 0 Å². The maximum Gasteiger partial charge on any atom is 0.169 e. The van der Waals surface area contributed by atoms with Crippen LogP contribution in [0.5, 0.6) is 0 Å². The molecular weight excluding hydrogens is 272 g/mol. The van der Waals surface area contributed by atoms with Crippen LogP contribution in [0.4, 0.5) is 0 Å². The van der Waals surface area contributed by atoms with Crippen LogP contribution in [0.3, 0.4) is 0 Å². The molecule has 0 saturated carbocycles. The summed E-state index contributed by atoms with van der Waals surface area (Å²) in [6.07, 6.45) is 3.87. The normalized spacial score (nSPS) is 29.0. The molecule has 0 radical (unpaired) electrons. The molecule has 1 unspecified atom stereocenters. The van der Waals surface area contributed by atoms with Crippen LogP contribution in [-0.4, -0.2) is 12.9 Å². The highest BCUT2D eigenvalue weighted by Gasteiger charge is 2.46. The minimum atomic E-state index is -0.348. The van der Waals surface area contributed by atoms with E-state index in [2.05, 4.69) is 41.2 Å². The van der Waals surface area contributed by atoms with Gasteiger partial charge in [0.1, 0.15) is 5.76 Å². The summed E-state index contributed by atoms with van der Waals surface area (Å²) >= 11 is 0. The first-order valence-electron chi connectivity index (χ1n) is 8.37. The van der Waals surface area contributed by atoms with Gasteiger partial charge in [0.15, 0.2) is 5.78 Å². The van der Waals surface area contributed by atoms with Gasteiger partial charge >= 0.3 is 0 Å². The summed E-state index contributed by atoms with van der Waals surface area (Å²) in [6, 6.07) is 0. The number of carbonyl (C=O) groups is 1. The lowest BCUT2D eigenvalue weighted by Gasteiger charge is -2.27. The Morgan fingerprint density at radius 1 is 1.45 bits per heavy atom. The average molecular weight is 302 g/mol. The van der Waals surface area contributed by atoms with E-state index in [0.29, 0.717) is 5.92 Å². The van der Waals surface area contributed by atoms with Gasteiger partial charge in [-0.1, -0.05) is 44.1 Å². The number of Topliss-reactive ketones (excluding diaryl/α,β-unsaturated/α-hetero) is 1. The molecule has 22 heavy (non-hydrogen) atoms. The first kappa shape index (κ1) is 17.1. The first-order chi connectivity index (χ1) is 10.2.